The number of hydrogen-bond acceptors (Lipinski definition) is 4. The second kappa shape index (κ2) is 16.9. The fourth-order valence-electron chi connectivity index (χ4n) is 5.18. The molecular weight excluding hydrogens is 617 g/mol. The van der Waals surface area contributed by atoms with Crippen LogP contribution in [0.1, 0.15) is 67.3 Å². The van der Waals surface area contributed by atoms with E-state index in [9.17, 15) is 4.79 Å². The fraction of sp³-hybridized carbons (Fsp3) is 0.196. The van der Waals surface area contributed by atoms with Crippen LogP contribution in [0.15, 0.2) is 128 Å². The van der Waals surface area contributed by atoms with Crippen LogP contribution in [0.2, 0.25) is 0 Å². The molecule has 0 amide bonds. The lowest BCUT2D eigenvalue weighted by atomic mass is 10.0. The molecule has 5 aromatic rings. The lowest BCUT2D eigenvalue weighted by Gasteiger charge is -2.09. The molecular formula is C46H42O4. The van der Waals surface area contributed by atoms with E-state index in [0.29, 0.717) is 30.3 Å². The summed E-state index contributed by atoms with van der Waals surface area (Å²) in [5.74, 6) is 14.8. The normalized spacial score (nSPS) is 10.4. The first-order chi connectivity index (χ1) is 24.1. The van der Waals surface area contributed by atoms with E-state index in [1.54, 1.807) is 13.0 Å². The third kappa shape index (κ3) is 10.0. The first kappa shape index (κ1) is 35.3. The van der Waals surface area contributed by atoms with Gasteiger partial charge in [-0.05, 0) is 146 Å². The maximum absolute atomic E-state index is 11.8. The molecule has 0 atom stereocenters. The predicted molar refractivity (Wildman–Crippen MR) is 205 cm³/mol. The number of rotatable bonds is 12. The number of ether oxygens (including phenoxy) is 3. The van der Waals surface area contributed by atoms with E-state index in [1.807, 2.05) is 55.5 Å². The van der Waals surface area contributed by atoms with Crippen molar-refractivity contribution in [3.05, 3.63) is 155 Å². The highest BCUT2D eigenvalue weighted by Gasteiger charge is 2.06. The van der Waals surface area contributed by atoms with Gasteiger partial charge in [-0.2, -0.15) is 0 Å². The minimum atomic E-state index is -0.434. The summed E-state index contributed by atoms with van der Waals surface area (Å²) < 4.78 is 16.9. The van der Waals surface area contributed by atoms with Crippen LogP contribution in [0.5, 0.6) is 11.5 Å². The van der Waals surface area contributed by atoms with Crippen LogP contribution >= 0.6 is 0 Å². The summed E-state index contributed by atoms with van der Waals surface area (Å²) in [5, 5.41) is 4.24. The Labute approximate surface area is 296 Å². The van der Waals surface area contributed by atoms with Gasteiger partial charge in [-0.1, -0.05) is 67.7 Å². The van der Waals surface area contributed by atoms with Gasteiger partial charge in [0.25, 0.3) is 0 Å². The molecule has 0 unspecified atom stereocenters. The highest BCUT2D eigenvalue weighted by molar-refractivity contribution is 5.90. The summed E-state index contributed by atoms with van der Waals surface area (Å²) in [4.78, 5) is 11.8. The zero-order valence-electron chi connectivity index (χ0n) is 29.2. The molecule has 0 heterocycles. The minimum absolute atomic E-state index is 0.361. The van der Waals surface area contributed by atoms with E-state index in [4.69, 9.17) is 14.2 Å². The molecule has 0 spiro atoms. The van der Waals surface area contributed by atoms with Crippen LogP contribution < -0.4 is 9.47 Å². The Balaban J connectivity index is 1.14. The van der Waals surface area contributed by atoms with E-state index in [2.05, 4.69) is 86.7 Å². The van der Waals surface area contributed by atoms with Crippen LogP contribution in [-0.2, 0) is 9.53 Å². The molecule has 250 valence electrons. The van der Waals surface area contributed by atoms with Crippen molar-refractivity contribution < 1.29 is 19.0 Å². The van der Waals surface area contributed by atoms with Gasteiger partial charge in [0.1, 0.15) is 17.3 Å². The van der Waals surface area contributed by atoms with Crippen molar-refractivity contribution in [2.75, 3.05) is 13.2 Å². The zero-order chi connectivity index (χ0) is 35.5. The molecule has 5 rings (SSSR count). The number of hydrogen-bond donors (Lipinski definition) is 0. The maximum atomic E-state index is 11.8. The molecule has 0 saturated carbocycles. The van der Waals surface area contributed by atoms with Crippen LogP contribution in [0.4, 0.5) is 0 Å². The first-order valence-corrected chi connectivity index (χ1v) is 16.8. The van der Waals surface area contributed by atoms with Crippen molar-refractivity contribution in [2.24, 2.45) is 0 Å². The van der Waals surface area contributed by atoms with Gasteiger partial charge in [0, 0.05) is 27.8 Å². The summed E-state index contributed by atoms with van der Waals surface area (Å²) in [6.45, 7) is 18.3. The lowest BCUT2D eigenvalue weighted by Crippen LogP contribution is -2.07. The number of fused-ring (bicyclic) bond motifs is 2. The SMILES string of the molecule is C=C(C)C(=C)OCCCCCCOc1ccc2cc(C#Cc3ccc(C#Cc4ccc5cc(OC(=O)C(=C)C)ccc5c4)cc3C)ccc2c1. The Kier molecular flexibility index (Phi) is 12.0. The molecule has 0 aliphatic carbocycles. The topological polar surface area (TPSA) is 44.8 Å². The van der Waals surface area contributed by atoms with Crippen LogP contribution in [0, 0.1) is 30.6 Å². The van der Waals surface area contributed by atoms with Gasteiger partial charge in [0.05, 0.1) is 13.2 Å². The van der Waals surface area contributed by atoms with Crippen molar-refractivity contribution in [3.8, 4) is 35.2 Å². The molecule has 0 N–H and O–H groups in total. The average Bonchev–Trinajstić information content (AvgIpc) is 3.11. The van der Waals surface area contributed by atoms with Crippen LogP contribution in [-0.4, -0.2) is 19.2 Å². The molecule has 4 nitrogen and oxygen atoms in total. The van der Waals surface area contributed by atoms with Gasteiger partial charge >= 0.3 is 5.97 Å². The molecule has 0 aliphatic rings. The Morgan fingerprint density at radius 1 is 0.580 bits per heavy atom. The number of benzene rings is 5. The highest BCUT2D eigenvalue weighted by atomic mass is 16.5. The Morgan fingerprint density at radius 2 is 1.10 bits per heavy atom. The Bertz CT molecular complexity index is 2210. The van der Waals surface area contributed by atoms with Gasteiger partial charge in [-0.15, -0.1) is 0 Å². The van der Waals surface area contributed by atoms with E-state index >= 15 is 0 Å². The monoisotopic (exact) mass is 658 g/mol. The third-order valence-electron chi connectivity index (χ3n) is 8.16. The Hall–Kier alpha value is -5.97. The minimum Gasteiger partial charge on any atom is -0.494 e. The molecule has 0 saturated heterocycles. The molecule has 0 fully saturated rings. The van der Waals surface area contributed by atoms with E-state index in [0.717, 1.165) is 86.4 Å². The van der Waals surface area contributed by atoms with Crippen molar-refractivity contribution >= 4 is 27.5 Å². The van der Waals surface area contributed by atoms with Crippen molar-refractivity contribution in [1.82, 2.24) is 0 Å². The summed E-state index contributed by atoms with van der Waals surface area (Å²) in [5.41, 5.74) is 6.07. The standard InChI is InChI=1S/C46H42O4/c1-32(2)35(6)48-25-9-7-8-10-26-49-44-23-21-40-29-38(16-19-42(40)30-44)14-18-39-17-13-36(27-34(39)5)11-12-37-15-20-43-31-45(24-22-41(43)28-37)50-46(47)33(3)4/h13,15-17,19-24,27-31H,1,3,6-10,25-26H2,2,4-5H3. The first-order valence-electron chi connectivity index (χ1n) is 16.8. The maximum Gasteiger partial charge on any atom is 0.338 e. The van der Waals surface area contributed by atoms with Gasteiger partial charge in [0.2, 0.25) is 0 Å². The molecule has 0 bridgehead atoms. The van der Waals surface area contributed by atoms with E-state index < -0.39 is 5.97 Å². The lowest BCUT2D eigenvalue weighted by molar-refractivity contribution is -0.130. The van der Waals surface area contributed by atoms with E-state index in [-0.39, 0.29) is 0 Å². The Morgan fingerprint density at radius 3 is 1.72 bits per heavy atom. The average molecular weight is 659 g/mol. The summed E-state index contributed by atoms with van der Waals surface area (Å²) in [6.07, 6.45) is 4.20. The number of unbranched alkanes of at least 4 members (excludes halogenated alkanes) is 3. The van der Waals surface area contributed by atoms with Gasteiger partial charge in [-0.25, -0.2) is 4.79 Å². The smallest absolute Gasteiger partial charge is 0.338 e. The number of aryl methyl sites for hydroxylation is 1. The molecule has 0 radical (unpaired) electrons. The summed E-state index contributed by atoms with van der Waals surface area (Å²) in [6, 6.07) is 30.1. The summed E-state index contributed by atoms with van der Waals surface area (Å²) >= 11 is 0. The second-order valence-electron chi connectivity index (χ2n) is 12.5. The van der Waals surface area contributed by atoms with Gasteiger partial charge < -0.3 is 14.2 Å². The molecule has 4 heteroatoms. The van der Waals surface area contributed by atoms with E-state index in [1.165, 1.54) is 0 Å². The largest absolute Gasteiger partial charge is 0.494 e. The molecule has 0 aliphatic heterocycles. The highest BCUT2D eigenvalue weighted by Crippen LogP contribution is 2.24. The third-order valence-corrected chi connectivity index (χ3v) is 8.16. The predicted octanol–water partition coefficient (Wildman–Crippen LogP) is 10.6. The van der Waals surface area contributed by atoms with Crippen LogP contribution in [0.3, 0.4) is 0 Å². The van der Waals surface area contributed by atoms with Gasteiger partial charge in [-0.3, -0.25) is 0 Å². The number of carbonyl (C=O) groups is 1. The zero-order valence-corrected chi connectivity index (χ0v) is 29.2. The van der Waals surface area contributed by atoms with Crippen molar-refractivity contribution in [2.45, 2.75) is 46.5 Å². The van der Waals surface area contributed by atoms with Crippen molar-refractivity contribution in [3.63, 3.8) is 0 Å². The second-order valence-corrected chi connectivity index (χ2v) is 12.5. The summed E-state index contributed by atoms with van der Waals surface area (Å²) in [7, 11) is 0. The number of allylic oxidation sites excluding steroid dienone is 1. The fourth-order valence-corrected chi connectivity index (χ4v) is 5.18. The van der Waals surface area contributed by atoms with Crippen molar-refractivity contribution in [1.29, 1.82) is 0 Å². The van der Waals surface area contributed by atoms with Crippen LogP contribution in [0.25, 0.3) is 21.5 Å². The van der Waals surface area contributed by atoms with Gasteiger partial charge in [0.15, 0.2) is 0 Å². The number of esters is 1. The molecule has 0 aromatic heterocycles. The quantitative estimate of drug-likeness (QED) is 0.0255. The number of carbonyl (C=O) groups excluding carboxylic acids is 1. The molecule has 50 heavy (non-hydrogen) atoms. The molecule has 5 aromatic carbocycles.